The summed E-state index contributed by atoms with van der Waals surface area (Å²) in [5, 5.41) is 4.20. The van der Waals surface area contributed by atoms with Gasteiger partial charge in [-0.15, -0.1) is 0 Å². The van der Waals surface area contributed by atoms with Gasteiger partial charge in [-0.1, -0.05) is 68.8 Å². The lowest BCUT2D eigenvalue weighted by Gasteiger charge is -2.35. The van der Waals surface area contributed by atoms with E-state index in [1.807, 2.05) is 60.9 Å². The second-order valence-electron chi connectivity index (χ2n) is 8.08. The number of hydrogen-bond donors (Lipinski definition) is 1. The maximum absolute atomic E-state index is 6.78. The zero-order valence-electron chi connectivity index (χ0n) is 16.2. The normalized spacial score (nSPS) is 19.7. The Labute approximate surface area is 167 Å². The number of para-hydroxylation sites is 2. The average molecular weight is 379 g/mol. The van der Waals surface area contributed by atoms with Crippen LogP contribution in [-0.2, 0) is 0 Å². The van der Waals surface area contributed by atoms with E-state index in [-0.39, 0.29) is 5.41 Å². The minimum Gasteiger partial charge on any atom is -0.361 e. The molecular formula is C24H27ClN2. The molecule has 0 heterocycles. The molecule has 0 saturated heterocycles. The molecule has 3 heteroatoms. The summed E-state index contributed by atoms with van der Waals surface area (Å²) in [5.74, 6) is 0.515. The fraction of sp³-hybridized carbons (Fsp3) is 0.292. The molecule has 1 aliphatic carbocycles. The first-order valence-electron chi connectivity index (χ1n) is 9.42. The van der Waals surface area contributed by atoms with Crippen molar-refractivity contribution < 1.29 is 0 Å². The molecule has 2 nitrogen and oxygen atoms in total. The van der Waals surface area contributed by atoms with Crippen LogP contribution in [0.5, 0.6) is 0 Å². The Bertz CT molecular complexity index is 843. The Balaban J connectivity index is 1.89. The second-order valence-corrected chi connectivity index (χ2v) is 8.46. The highest BCUT2D eigenvalue weighted by atomic mass is 35.5. The fourth-order valence-electron chi connectivity index (χ4n) is 3.20. The van der Waals surface area contributed by atoms with Gasteiger partial charge in [0.25, 0.3) is 0 Å². The maximum atomic E-state index is 6.78. The van der Waals surface area contributed by atoms with Crippen molar-refractivity contribution in [3.8, 4) is 0 Å². The maximum Gasteiger partial charge on any atom is 0.0629 e. The third-order valence-corrected chi connectivity index (χ3v) is 5.52. The van der Waals surface area contributed by atoms with Crippen LogP contribution in [0, 0.1) is 11.3 Å². The van der Waals surface area contributed by atoms with Gasteiger partial charge in [0.2, 0.25) is 0 Å². The molecule has 1 atom stereocenters. The van der Waals surface area contributed by atoms with E-state index in [0.717, 1.165) is 40.4 Å². The monoisotopic (exact) mass is 378 g/mol. The van der Waals surface area contributed by atoms with Gasteiger partial charge in [0.1, 0.15) is 0 Å². The lowest BCUT2D eigenvalue weighted by molar-refractivity contribution is 0.235. The number of benzene rings is 2. The van der Waals surface area contributed by atoms with Gasteiger partial charge in [-0.3, -0.25) is 4.99 Å². The number of aliphatic imine (C=N–C) groups is 1. The van der Waals surface area contributed by atoms with Crippen molar-refractivity contribution in [1.29, 1.82) is 0 Å². The Morgan fingerprint density at radius 3 is 2.22 bits per heavy atom. The largest absolute Gasteiger partial charge is 0.361 e. The Morgan fingerprint density at radius 1 is 0.963 bits per heavy atom. The molecule has 0 radical (unpaired) electrons. The van der Waals surface area contributed by atoms with Crippen LogP contribution in [0.3, 0.4) is 0 Å². The van der Waals surface area contributed by atoms with E-state index < -0.39 is 0 Å². The first-order valence-corrected chi connectivity index (χ1v) is 9.80. The van der Waals surface area contributed by atoms with Crippen LogP contribution in [0.1, 0.15) is 33.6 Å². The lowest BCUT2D eigenvalue weighted by Crippen LogP contribution is -2.25. The molecule has 2 aromatic rings. The molecule has 0 aliphatic heterocycles. The summed E-state index contributed by atoms with van der Waals surface area (Å²) in [5.41, 5.74) is 4.45. The smallest absolute Gasteiger partial charge is 0.0629 e. The molecule has 0 amide bonds. The number of nitrogens with one attached hydrogen (secondary N) is 1. The molecule has 1 N–H and O–H groups in total. The zero-order valence-corrected chi connectivity index (χ0v) is 17.0. The van der Waals surface area contributed by atoms with Gasteiger partial charge in [0.15, 0.2) is 0 Å². The summed E-state index contributed by atoms with van der Waals surface area (Å²) in [6, 6.07) is 20.2. The predicted molar refractivity (Wildman–Crippen MR) is 118 cm³/mol. The van der Waals surface area contributed by atoms with Gasteiger partial charge in [-0.25, -0.2) is 0 Å². The molecule has 27 heavy (non-hydrogen) atoms. The van der Waals surface area contributed by atoms with Crippen molar-refractivity contribution in [3.63, 3.8) is 0 Å². The number of anilines is 1. The van der Waals surface area contributed by atoms with E-state index >= 15 is 0 Å². The Morgan fingerprint density at radius 2 is 1.59 bits per heavy atom. The minimum absolute atomic E-state index is 0.204. The van der Waals surface area contributed by atoms with Crippen LogP contribution in [0.2, 0.25) is 0 Å². The molecule has 3 rings (SSSR count). The zero-order chi connectivity index (χ0) is 19.3. The second kappa shape index (κ2) is 8.58. The van der Waals surface area contributed by atoms with Crippen LogP contribution in [0.25, 0.3) is 0 Å². The molecule has 0 aromatic heterocycles. The van der Waals surface area contributed by atoms with Crippen LogP contribution < -0.4 is 5.32 Å². The standard InChI is InChI=1S/C24H27ClN2/c1-24(2,3)20-14-18(16-26-21-10-6-4-7-11-21)23(25)19(15-20)17-27-22-12-8-5-9-13-22/h4-13,16-17,20,26H,14-15H2,1-3H3/b18-16+,27-17+. The van der Waals surface area contributed by atoms with Crippen molar-refractivity contribution in [1.82, 2.24) is 0 Å². The van der Waals surface area contributed by atoms with Crippen LogP contribution in [-0.4, -0.2) is 6.21 Å². The first-order chi connectivity index (χ1) is 12.9. The van der Waals surface area contributed by atoms with Gasteiger partial charge >= 0.3 is 0 Å². The van der Waals surface area contributed by atoms with Crippen molar-refractivity contribution in [2.45, 2.75) is 33.6 Å². The Hall–Kier alpha value is -2.32. The highest BCUT2D eigenvalue weighted by molar-refractivity contribution is 6.33. The number of allylic oxidation sites excluding steroid dienone is 3. The van der Waals surface area contributed by atoms with Gasteiger partial charge in [0.05, 0.1) is 5.69 Å². The summed E-state index contributed by atoms with van der Waals surface area (Å²) in [6.07, 6.45) is 5.89. The van der Waals surface area contributed by atoms with E-state index in [2.05, 4.69) is 43.2 Å². The van der Waals surface area contributed by atoms with Crippen LogP contribution >= 0.6 is 11.6 Å². The molecule has 0 bridgehead atoms. The highest BCUT2D eigenvalue weighted by Crippen LogP contribution is 2.43. The van der Waals surface area contributed by atoms with E-state index in [4.69, 9.17) is 11.6 Å². The molecular weight excluding hydrogens is 352 g/mol. The molecule has 0 saturated carbocycles. The number of nitrogens with zero attached hydrogens (tertiary/aromatic N) is 1. The molecule has 2 aromatic carbocycles. The van der Waals surface area contributed by atoms with Crippen molar-refractivity contribution >= 4 is 29.2 Å². The molecule has 1 aliphatic rings. The van der Waals surface area contributed by atoms with E-state index in [1.165, 1.54) is 0 Å². The third kappa shape index (κ3) is 5.33. The van der Waals surface area contributed by atoms with E-state index in [0.29, 0.717) is 5.92 Å². The summed E-state index contributed by atoms with van der Waals surface area (Å²) >= 11 is 6.78. The van der Waals surface area contributed by atoms with Crippen molar-refractivity contribution in [2.75, 3.05) is 5.32 Å². The van der Waals surface area contributed by atoms with Gasteiger partial charge < -0.3 is 5.32 Å². The first kappa shape index (κ1) is 19.4. The molecule has 140 valence electrons. The van der Waals surface area contributed by atoms with Crippen molar-refractivity contribution in [3.05, 3.63) is 83.0 Å². The average Bonchev–Trinajstić information content (AvgIpc) is 2.67. The van der Waals surface area contributed by atoms with Gasteiger partial charge in [0, 0.05) is 23.1 Å². The summed E-state index contributed by atoms with van der Waals surface area (Å²) < 4.78 is 0. The van der Waals surface area contributed by atoms with E-state index in [9.17, 15) is 0 Å². The molecule has 0 spiro atoms. The third-order valence-electron chi connectivity index (χ3n) is 5.03. The Kier molecular flexibility index (Phi) is 6.18. The summed E-state index contributed by atoms with van der Waals surface area (Å²) in [7, 11) is 0. The number of hydrogen-bond acceptors (Lipinski definition) is 2. The SMILES string of the molecule is CC(C)(C)C1CC(/C=N/c2ccccc2)=C(Cl)C(=C/Nc2ccccc2)/C1. The number of halogens is 1. The van der Waals surface area contributed by atoms with Crippen LogP contribution in [0.4, 0.5) is 11.4 Å². The molecule has 0 fully saturated rings. The van der Waals surface area contributed by atoms with Crippen molar-refractivity contribution in [2.24, 2.45) is 16.3 Å². The van der Waals surface area contributed by atoms with Gasteiger partial charge in [-0.05, 0) is 59.6 Å². The fourth-order valence-corrected chi connectivity index (χ4v) is 3.46. The predicted octanol–water partition coefficient (Wildman–Crippen LogP) is 7.33. The highest BCUT2D eigenvalue weighted by Gasteiger charge is 2.31. The molecule has 1 unspecified atom stereocenters. The minimum atomic E-state index is 0.204. The van der Waals surface area contributed by atoms with E-state index in [1.54, 1.807) is 0 Å². The summed E-state index contributed by atoms with van der Waals surface area (Å²) in [6.45, 7) is 6.89. The van der Waals surface area contributed by atoms with Crippen LogP contribution in [0.15, 0.2) is 88.0 Å². The van der Waals surface area contributed by atoms with Gasteiger partial charge in [-0.2, -0.15) is 0 Å². The quantitative estimate of drug-likeness (QED) is 0.553. The topological polar surface area (TPSA) is 24.4 Å². The summed E-state index contributed by atoms with van der Waals surface area (Å²) in [4.78, 5) is 4.63. The number of rotatable bonds is 4. The lowest BCUT2D eigenvalue weighted by atomic mass is 9.71.